The van der Waals surface area contributed by atoms with Gasteiger partial charge >= 0.3 is 26.4 Å². The van der Waals surface area contributed by atoms with Crippen LogP contribution >= 0.6 is 0 Å². The Kier molecular flexibility index (Phi) is 9.23. The summed E-state index contributed by atoms with van der Waals surface area (Å²) in [6.45, 7) is 20.8. The molecule has 0 spiro atoms. The Hall–Kier alpha value is -2.38. The summed E-state index contributed by atoms with van der Waals surface area (Å²) < 4.78 is 92.7. The van der Waals surface area contributed by atoms with Crippen LogP contribution in [0.3, 0.4) is 0 Å². The largest absolute Gasteiger partial charge is 0.494 e. The van der Waals surface area contributed by atoms with Gasteiger partial charge in [-0.05, 0) is 118 Å². The molecule has 2 heterocycles. The average Bonchev–Trinajstić information content (AvgIpc) is 3.24. The van der Waals surface area contributed by atoms with Crippen LogP contribution in [0.15, 0.2) is 50.6 Å². The molecule has 2 fully saturated rings. The minimum Gasteiger partial charge on any atom is -0.459 e. The average molecular weight is 665 g/mol. The number of ether oxygens (including phenoxy) is 1. The van der Waals surface area contributed by atoms with E-state index in [0.717, 1.165) is 12.1 Å². The predicted octanol–water partition coefficient (Wildman–Crippen LogP) is 5.84. The monoisotopic (exact) mass is 665 g/mol. The smallest absolute Gasteiger partial charge is 0.459 e. The van der Waals surface area contributed by atoms with Crippen molar-refractivity contribution >= 4 is 40.9 Å². The molecule has 252 valence electrons. The molecule has 2 aromatic carbocycles. The molecule has 0 N–H and O–H groups in total. The fourth-order valence-electron chi connectivity index (χ4n) is 4.91. The third-order valence-electron chi connectivity index (χ3n) is 8.81. The first-order valence-corrected chi connectivity index (χ1v) is 16.7. The molecule has 1 unspecified atom stereocenters. The number of benzene rings is 2. The number of halogens is 3. The first kappa shape index (κ1) is 36.5. The molecule has 0 aliphatic carbocycles. The maximum absolute atomic E-state index is 15.2. The zero-order valence-corrected chi connectivity index (χ0v) is 29.5. The van der Waals surface area contributed by atoms with Crippen molar-refractivity contribution in [1.82, 2.24) is 0 Å². The van der Waals surface area contributed by atoms with Gasteiger partial charge in [0.15, 0.2) is 0 Å². The lowest BCUT2D eigenvalue weighted by molar-refractivity contribution is -0.152. The van der Waals surface area contributed by atoms with E-state index < -0.39 is 76.2 Å². The summed E-state index contributed by atoms with van der Waals surface area (Å²) in [5.74, 6) is -0.780. The van der Waals surface area contributed by atoms with E-state index in [1.165, 1.54) is 6.07 Å². The number of aryl methyl sites for hydroxylation is 1. The first-order chi connectivity index (χ1) is 20.7. The number of esters is 1. The van der Waals surface area contributed by atoms with Crippen molar-refractivity contribution in [2.24, 2.45) is 4.36 Å². The molecule has 4 rings (SSSR count). The maximum atomic E-state index is 15.2. The summed E-state index contributed by atoms with van der Waals surface area (Å²) >= 11 is 0. The zero-order chi connectivity index (χ0) is 34.9. The highest BCUT2D eigenvalue weighted by Crippen LogP contribution is 2.39. The van der Waals surface area contributed by atoms with Crippen LogP contribution in [0, 0.1) is 6.92 Å². The topological polar surface area (TPSA) is 92.7 Å². The predicted molar refractivity (Wildman–Crippen MR) is 172 cm³/mol. The SMILES string of the molecule is Cc1cc(B2OC(C)(C)C(C)(C)O2)cc(S(=O)(=NCC(=O)OC(C)(C)C)c2cc(B3OC(C)(C)C(C)(C)O3)cc(C(F)(F)F)c2)c1. The van der Waals surface area contributed by atoms with E-state index in [4.69, 9.17) is 23.4 Å². The van der Waals surface area contributed by atoms with E-state index in [2.05, 4.69) is 4.36 Å². The van der Waals surface area contributed by atoms with Crippen LogP contribution in [0.2, 0.25) is 0 Å². The normalized spacial score (nSPS) is 21.6. The van der Waals surface area contributed by atoms with Crippen LogP contribution in [0.5, 0.6) is 0 Å². The zero-order valence-electron chi connectivity index (χ0n) is 28.7. The second-order valence-electron chi connectivity index (χ2n) is 14.9. The van der Waals surface area contributed by atoms with Crippen LogP contribution in [0.1, 0.15) is 87.3 Å². The molecule has 0 saturated carbocycles. The van der Waals surface area contributed by atoms with Gasteiger partial charge in [-0.2, -0.15) is 13.2 Å². The molecule has 46 heavy (non-hydrogen) atoms. The second-order valence-corrected chi connectivity index (χ2v) is 17.2. The Morgan fingerprint density at radius 2 is 1.17 bits per heavy atom. The van der Waals surface area contributed by atoms with Gasteiger partial charge in [0, 0.05) is 0 Å². The Balaban J connectivity index is 1.95. The van der Waals surface area contributed by atoms with Crippen molar-refractivity contribution in [2.45, 2.75) is 127 Å². The van der Waals surface area contributed by atoms with Gasteiger partial charge in [0.2, 0.25) is 0 Å². The van der Waals surface area contributed by atoms with Crippen LogP contribution in [-0.2, 0) is 44.1 Å². The number of carbonyl (C=O) groups is 1. The van der Waals surface area contributed by atoms with E-state index in [-0.39, 0.29) is 15.3 Å². The third-order valence-corrected chi connectivity index (χ3v) is 11.1. The van der Waals surface area contributed by atoms with E-state index in [9.17, 15) is 18.0 Å². The lowest BCUT2D eigenvalue weighted by Crippen LogP contribution is -2.41. The molecule has 0 bridgehead atoms. The van der Waals surface area contributed by atoms with Gasteiger partial charge in [0.1, 0.15) is 21.9 Å². The molecular weight excluding hydrogens is 621 g/mol. The van der Waals surface area contributed by atoms with Crippen LogP contribution in [-0.4, -0.2) is 59.0 Å². The highest BCUT2D eigenvalue weighted by atomic mass is 32.2. The Bertz CT molecular complexity index is 1610. The molecule has 1 atom stereocenters. The number of carbonyl (C=O) groups excluding carboxylic acids is 1. The summed E-state index contributed by atoms with van der Waals surface area (Å²) in [6, 6.07) is 7.98. The standard InChI is InChI=1S/C32H44B2F3NO7S/c1-20-13-22(33-42-28(5,6)29(7,8)43-33)17-24(14-20)46(40,38-19-26(39)41-27(2,3)4)25-16-21(32(35,36)37)15-23(18-25)34-44-30(9,10)31(11,12)45-34/h13-18H,19H2,1-12H3. The molecule has 2 saturated heterocycles. The molecule has 14 heteroatoms. The Labute approximate surface area is 271 Å². The summed E-state index contributed by atoms with van der Waals surface area (Å²) in [6.07, 6.45) is -4.81. The molecule has 0 aromatic heterocycles. The minimum atomic E-state index is -4.81. The second kappa shape index (κ2) is 11.6. The summed E-state index contributed by atoms with van der Waals surface area (Å²) in [5.41, 5.74) is -3.80. The molecule has 2 aliphatic heterocycles. The number of hydrogen-bond acceptors (Lipinski definition) is 8. The van der Waals surface area contributed by atoms with Gasteiger partial charge in [-0.3, -0.25) is 4.79 Å². The van der Waals surface area contributed by atoms with Gasteiger partial charge < -0.3 is 23.4 Å². The number of nitrogens with zero attached hydrogens (tertiary/aromatic N) is 1. The van der Waals surface area contributed by atoms with Gasteiger partial charge in [-0.25, -0.2) is 8.57 Å². The van der Waals surface area contributed by atoms with Crippen LogP contribution < -0.4 is 10.9 Å². The van der Waals surface area contributed by atoms with Crippen molar-refractivity contribution in [2.75, 3.05) is 6.54 Å². The van der Waals surface area contributed by atoms with Crippen molar-refractivity contribution in [3.8, 4) is 0 Å². The van der Waals surface area contributed by atoms with E-state index >= 15 is 4.21 Å². The molecule has 2 aliphatic rings. The summed E-state index contributed by atoms with van der Waals surface area (Å²) in [4.78, 5) is 12.6. The van der Waals surface area contributed by atoms with Gasteiger partial charge in [0.05, 0.1) is 37.8 Å². The van der Waals surface area contributed by atoms with Crippen LogP contribution in [0.25, 0.3) is 0 Å². The quantitative estimate of drug-likeness (QED) is 0.283. The number of hydrogen-bond donors (Lipinski definition) is 0. The molecule has 8 nitrogen and oxygen atoms in total. The first-order valence-electron chi connectivity index (χ1n) is 15.2. The minimum absolute atomic E-state index is 0.0162. The van der Waals surface area contributed by atoms with E-state index in [1.807, 2.05) is 27.7 Å². The molecule has 0 amide bonds. The van der Waals surface area contributed by atoms with Crippen molar-refractivity contribution in [1.29, 1.82) is 0 Å². The van der Waals surface area contributed by atoms with Gasteiger partial charge in [-0.15, -0.1) is 0 Å². The van der Waals surface area contributed by atoms with Crippen molar-refractivity contribution in [3.63, 3.8) is 0 Å². The van der Waals surface area contributed by atoms with E-state index in [1.54, 1.807) is 73.6 Å². The molecule has 2 aromatic rings. The molecule has 0 radical (unpaired) electrons. The highest BCUT2D eigenvalue weighted by molar-refractivity contribution is 7.93. The van der Waals surface area contributed by atoms with Gasteiger partial charge in [0.25, 0.3) is 0 Å². The lowest BCUT2D eigenvalue weighted by atomic mass is 9.78. The highest BCUT2D eigenvalue weighted by Gasteiger charge is 2.53. The summed E-state index contributed by atoms with van der Waals surface area (Å²) in [5, 5.41) is 0. The van der Waals surface area contributed by atoms with Crippen molar-refractivity contribution < 1.29 is 45.5 Å². The fourth-order valence-corrected chi connectivity index (χ4v) is 7.00. The third kappa shape index (κ3) is 7.36. The summed E-state index contributed by atoms with van der Waals surface area (Å²) in [7, 11) is -5.95. The fraction of sp³-hybridized carbons (Fsp3) is 0.594. The van der Waals surface area contributed by atoms with Crippen molar-refractivity contribution in [3.05, 3.63) is 47.5 Å². The number of alkyl halides is 3. The van der Waals surface area contributed by atoms with Gasteiger partial charge in [-0.1, -0.05) is 17.7 Å². The number of rotatable bonds is 6. The lowest BCUT2D eigenvalue weighted by Gasteiger charge is -2.32. The Morgan fingerprint density at radius 1 is 0.761 bits per heavy atom. The molecular formula is C32H44B2F3NO7S. The Morgan fingerprint density at radius 3 is 1.59 bits per heavy atom. The van der Waals surface area contributed by atoms with Crippen LogP contribution in [0.4, 0.5) is 13.2 Å². The maximum Gasteiger partial charge on any atom is 0.494 e. The van der Waals surface area contributed by atoms with E-state index in [0.29, 0.717) is 11.0 Å².